The highest BCUT2D eigenvalue weighted by molar-refractivity contribution is 7.07. The quantitative estimate of drug-likeness (QED) is 0.727. The standard InChI is InChI=1S/C18H18N2OS/c1-12-4-5-17-15(8-12)16(9-13(2)19-17)18(21)20(3)10-14-6-7-22-11-14/h4-9,11H,10H2,1-3H3. The Balaban J connectivity index is 2.01. The van der Waals surface area contributed by atoms with Crippen LogP contribution in [0.15, 0.2) is 41.1 Å². The van der Waals surface area contributed by atoms with E-state index < -0.39 is 0 Å². The maximum absolute atomic E-state index is 12.8. The molecule has 112 valence electrons. The van der Waals surface area contributed by atoms with Gasteiger partial charge >= 0.3 is 0 Å². The first-order chi connectivity index (χ1) is 10.5. The van der Waals surface area contributed by atoms with Crippen molar-refractivity contribution in [2.24, 2.45) is 0 Å². The summed E-state index contributed by atoms with van der Waals surface area (Å²) in [6, 6.07) is 9.97. The van der Waals surface area contributed by atoms with E-state index in [0.717, 1.165) is 33.3 Å². The number of aryl methyl sites for hydroxylation is 2. The Bertz CT molecular complexity index is 824. The minimum atomic E-state index is 0.0345. The fraction of sp³-hybridized carbons (Fsp3) is 0.222. The van der Waals surface area contributed by atoms with Crippen molar-refractivity contribution in [2.45, 2.75) is 20.4 Å². The van der Waals surface area contributed by atoms with Gasteiger partial charge in [0.1, 0.15) is 0 Å². The Kier molecular flexibility index (Phi) is 3.94. The smallest absolute Gasteiger partial charge is 0.254 e. The summed E-state index contributed by atoms with van der Waals surface area (Å²) in [6.07, 6.45) is 0. The van der Waals surface area contributed by atoms with E-state index in [4.69, 9.17) is 0 Å². The first-order valence-corrected chi connectivity index (χ1v) is 8.13. The minimum absolute atomic E-state index is 0.0345. The van der Waals surface area contributed by atoms with Crippen molar-refractivity contribution in [3.8, 4) is 0 Å². The lowest BCUT2D eigenvalue weighted by molar-refractivity contribution is 0.0787. The van der Waals surface area contributed by atoms with Crippen LogP contribution < -0.4 is 0 Å². The van der Waals surface area contributed by atoms with Crippen LogP contribution in [0.1, 0.15) is 27.2 Å². The van der Waals surface area contributed by atoms with Gasteiger partial charge in [0.25, 0.3) is 5.91 Å². The number of pyridine rings is 1. The van der Waals surface area contributed by atoms with Crippen LogP contribution in [0.2, 0.25) is 0 Å². The number of carbonyl (C=O) groups excluding carboxylic acids is 1. The molecule has 2 heterocycles. The van der Waals surface area contributed by atoms with Crippen LogP contribution >= 0.6 is 11.3 Å². The van der Waals surface area contributed by atoms with Crippen molar-refractivity contribution >= 4 is 28.1 Å². The lowest BCUT2D eigenvalue weighted by Gasteiger charge is -2.18. The number of hydrogen-bond acceptors (Lipinski definition) is 3. The van der Waals surface area contributed by atoms with Crippen molar-refractivity contribution in [2.75, 3.05) is 7.05 Å². The summed E-state index contributed by atoms with van der Waals surface area (Å²) < 4.78 is 0. The first-order valence-electron chi connectivity index (χ1n) is 7.19. The Labute approximate surface area is 134 Å². The van der Waals surface area contributed by atoms with Gasteiger partial charge in [-0.15, -0.1) is 0 Å². The maximum Gasteiger partial charge on any atom is 0.254 e. The van der Waals surface area contributed by atoms with Crippen molar-refractivity contribution in [3.05, 3.63) is 63.5 Å². The molecule has 0 fully saturated rings. The van der Waals surface area contributed by atoms with Gasteiger partial charge in [0.15, 0.2) is 0 Å². The van der Waals surface area contributed by atoms with Gasteiger partial charge in [-0.2, -0.15) is 11.3 Å². The fourth-order valence-corrected chi connectivity index (χ4v) is 3.24. The van der Waals surface area contributed by atoms with Crippen LogP contribution in [0.3, 0.4) is 0 Å². The molecular weight excluding hydrogens is 292 g/mol. The van der Waals surface area contributed by atoms with E-state index in [-0.39, 0.29) is 5.91 Å². The Morgan fingerprint density at radius 2 is 2.05 bits per heavy atom. The molecule has 0 aliphatic carbocycles. The number of amides is 1. The van der Waals surface area contributed by atoms with Crippen molar-refractivity contribution in [1.82, 2.24) is 9.88 Å². The molecule has 0 radical (unpaired) electrons. The first kappa shape index (κ1) is 14.7. The number of thiophene rings is 1. The molecule has 3 aromatic rings. The van der Waals surface area contributed by atoms with Crippen LogP contribution in [-0.2, 0) is 6.54 Å². The van der Waals surface area contributed by atoms with Gasteiger partial charge in [0.05, 0.1) is 11.1 Å². The van der Waals surface area contributed by atoms with E-state index in [9.17, 15) is 4.79 Å². The summed E-state index contributed by atoms with van der Waals surface area (Å²) in [5, 5.41) is 5.03. The molecule has 0 bridgehead atoms. The third kappa shape index (κ3) is 2.88. The molecule has 3 nitrogen and oxygen atoms in total. The van der Waals surface area contributed by atoms with Gasteiger partial charge in [-0.3, -0.25) is 9.78 Å². The predicted octanol–water partition coefficient (Wildman–Crippen LogP) is 4.19. The lowest BCUT2D eigenvalue weighted by atomic mass is 10.0. The molecule has 1 aromatic carbocycles. The minimum Gasteiger partial charge on any atom is -0.337 e. The van der Waals surface area contributed by atoms with Gasteiger partial charge < -0.3 is 4.90 Å². The van der Waals surface area contributed by atoms with Gasteiger partial charge in [-0.1, -0.05) is 11.6 Å². The Morgan fingerprint density at radius 1 is 1.23 bits per heavy atom. The van der Waals surface area contributed by atoms with E-state index in [0.29, 0.717) is 6.54 Å². The molecule has 0 saturated heterocycles. The molecule has 0 atom stereocenters. The fourth-order valence-electron chi connectivity index (χ4n) is 2.58. The number of hydrogen-bond donors (Lipinski definition) is 0. The highest BCUT2D eigenvalue weighted by Gasteiger charge is 2.16. The second kappa shape index (κ2) is 5.89. The monoisotopic (exact) mass is 310 g/mol. The molecule has 4 heteroatoms. The van der Waals surface area contributed by atoms with Crippen LogP contribution in [-0.4, -0.2) is 22.8 Å². The predicted molar refractivity (Wildman–Crippen MR) is 91.3 cm³/mol. The largest absolute Gasteiger partial charge is 0.337 e. The Morgan fingerprint density at radius 3 is 2.77 bits per heavy atom. The second-order valence-electron chi connectivity index (χ2n) is 5.62. The van der Waals surface area contributed by atoms with Gasteiger partial charge in [-0.25, -0.2) is 0 Å². The molecule has 2 aromatic heterocycles. The van der Waals surface area contributed by atoms with Gasteiger partial charge in [-0.05, 0) is 54.4 Å². The number of carbonyl (C=O) groups is 1. The number of aromatic nitrogens is 1. The molecule has 0 aliphatic heterocycles. The highest BCUT2D eigenvalue weighted by atomic mass is 32.1. The molecule has 1 amide bonds. The van der Waals surface area contributed by atoms with E-state index in [1.165, 1.54) is 0 Å². The van der Waals surface area contributed by atoms with Gasteiger partial charge in [0, 0.05) is 24.7 Å². The van der Waals surface area contributed by atoms with Crippen molar-refractivity contribution in [1.29, 1.82) is 0 Å². The Hall–Kier alpha value is -2.20. The normalized spacial score (nSPS) is 10.9. The number of fused-ring (bicyclic) bond motifs is 1. The summed E-state index contributed by atoms with van der Waals surface area (Å²) in [6.45, 7) is 4.58. The molecular formula is C18H18N2OS. The summed E-state index contributed by atoms with van der Waals surface area (Å²) in [5.41, 5.74) is 4.75. The van der Waals surface area contributed by atoms with E-state index in [1.54, 1.807) is 16.2 Å². The zero-order chi connectivity index (χ0) is 15.7. The summed E-state index contributed by atoms with van der Waals surface area (Å²) in [5.74, 6) is 0.0345. The summed E-state index contributed by atoms with van der Waals surface area (Å²) in [7, 11) is 1.84. The van der Waals surface area contributed by atoms with Crippen LogP contribution in [0, 0.1) is 13.8 Å². The van der Waals surface area contributed by atoms with Crippen LogP contribution in [0.25, 0.3) is 10.9 Å². The third-order valence-electron chi connectivity index (χ3n) is 3.67. The van der Waals surface area contributed by atoms with Gasteiger partial charge in [0.2, 0.25) is 0 Å². The zero-order valence-electron chi connectivity index (χ0n) is 13.0. The molecule has 0 unspecified atom stereocenters. The molecule has 22 heavy (non-hydrogen) atoms. The lowest BCUT2D eigenvalue weighted by Crippen LogP contribution is -2.26. The van der Waals surface area contributed by atoms with E-state index in [1.807, 2.05) is 50.5 Å². The van der Waals surface area contributed by atoms with E-state index in [2.05, 4.69) is 16.4 Å². The van der Waals surface area contributed by atoms with E-state index >= 15 is 0 Å². The SMILES string of the molecule is Cc1ccc2nc(C)cc(C(=O)N(C)Cc3ccsc3)c2c1. The topological polar surface area (TPSA) is 33.2 Å². The summed E-state index contributed by atoms with van der Waals surface area (Å²) in [4.78, 5) is 19.1. The third-order valence-corrected chi connectivity index (χ3v) is 4.40. The number of rotatable bonds is 3. The summed E-state index contributed by atoms with van der Waals surface area (Å²) >= 11 is 1.65. The number of benzene rings is 1. The second-order valence-corrected chi connectivity index (χ2v) is 6.40. The molecule has 0 N–H and O–H groups in total. The average molecular weight is 310 g/mol. The van der Waals surface area contributed by atoms with Crippen molar-refractivity contribution < 1.29 is 4.79 Å². The van der Waals surface area contributed by atoms with Crippen molar-refractivity contribution in [3.63, 3.8) is 0 Å². The highest BCUT2D eigenvalue weighted by Crippen LogP contribution is 2.22. The molecule has 0 aliphatic rings. The van der Waals surface area contributed by atoms with Crippen LogP contribution in [0.4, 0.5) is 0 Å². The maximum atomic E-state index is 12.8. The molecule has 0 saturated carbocycles. The average Bonchev–Trinajstić information content (AvgIpc) is 2.99. The zero-order valence-corrected chi connectivity index (χ0v) is 13.8. The number of nitrogens with zero attached hydrogens (tertiary/aromatic N) is 2. The molecule has 3 rings (SSSR count). The molecule has 0 spiro atoms. The van der Waals surface area contributed by atoms with Crippen LogP contribution in [0.5, 0.6) is 0 Å².